The summed E-state index contributed by atoms with van der Waals surface area (Å²) in [6, 6.07) is 0. The molecule has 0 radical (unpaired) electrons. The van der Waals surface area contributed by atoms with Crippen LogP contribution in [0.5, 0.6) is 0 Å². The normalized spacial score (nSPS) is 16.3. The highest BCUT2D eigenvalue weighted by molar-refractivity contribution is 5.94. The molecule has 0 spiro atoms. The van der Waals surface area contributed by atoms with Crippen molar-refractivity contribution in [3.63, 3.8) is 0 Å². The molecule has 114 valence electrons. The lowest BCUT2D eigenvalue weighted by atomic mass is 10.0. The van der Waals surface area contributed by atoms with Gasteiger partial charge in [0, 0.05) is 11.8 Å². The Hall–Kier alpha value is -1.99. The van der Waals surface area contributed by atoms with Crippen molar-refractivity contribution in [3.8, 4) is 0 Å². The van der Waals surface area contributed by atoms with Gasteiger partial charge in [-0.1, -0.05) is 0 Å². The van der Waals surface area contributed by atoms with Crippen LogP contribution < -0.4 is 0 Å². The standard InChI is InChI=1S/C14H17NO6/c1-8-9(2)11(12(16)21-14(17)18)15-7-10(8)13-19-5-3-4-6-20-13/h7,13H,3-6H2,1-2H3,(H,17,18). The first-order valence-electron chi connectivity index (χ1n) is 6.65. The molecule has 1 saturated heterocycles. The third-order valence-corrected chi connectivity index (χ3v) is 3.39. The average Bonchev–Trinajstić information content (AvgIpc) is 2.69. The van der Waals surface area contributed by atoms with Gasteiger partial charge in [-0.3, -0.25) is 0 Å². The molecule has 0 bridgehead atoms. The number of esters is 1. The fourth-order valence-corrected chi connectivity index (χ4v) is 2.11. The maximum absolute atomic E-state index is 11.6. The SMILES string of the molecule is Cc1c(C2OCCCCO2)cnc(C(=O)OC(=O)O)c1C. The molecule has 7 heteroatoms. The highest BCUT2D eigenvalue weighted by Crippen LogP contribution is 2.27. The van der Waals surface area contributed by atoms with Crippen molar-refractivity contribution in [1.29, 1.82) is 0 Å². The van der Waals surface area contributed by atoms with Gasteiger partial charge in [-0.15, -0.1) is 0 Å². The first-order chi connectivity index (χ1) is 10.0. The summed E-state index contributed by atoms with van der Waals surface area (Å²) in [5, 5.41) is 8.48. The van der Waals surface area contributed by atoms with E-state index >= 15 is 0 Å². The molecule has 1 fully saturated rings. The number of ether oxygens (including phenoxy) is 3. The smallest absolute Gasteiger partial charge is 0.449 e. The number of pyridine rings is 1. The summed E-state index contributed by atoms with van der Waals surface area (Å²) in [6.45, 7) is 4.69. The monoisotopic (exact) mass is 295 g/mol. The molecule has 2 rings (SSSR count). The summed E-state index contributed by atoms with van der Waals surface area (Å²) in [6.07, 6.45) is 1.17. The number of carbonyl (C=O) groups is 2. The molecule has 0 unspecified atom stereocenters. The van der Waals surface area contributed by atoms with E-state index in [0.29, 0.717) is 18.8 Å². The number of carboxylic acid groups (broad SMARTS) is 1. The molecule has 2 heterocycles. The first-order valence-corrected chi connectivity index (χ1v) is 6.65. The van der Waals surface area contributed by atoms with Gasteiger partial charge in [0.1, 0.15) is 0 Å². The number of hydrogen-bond acceptors (Lipinski definition) is 6. The van der Waals surface area contributed by atoms with Gasteiger partial charge in [0.05, 0.1) is 13.2 Å². The van der Waals surface area contributed by atoms with Crippen molar-refractivity contribution in [3.05, 3.63) is 28.6 Å². The van der Waals surface area contributed by atoms with Gasteiger partial charge in [0.25, 0.3) is 0 Å². The number of hydrogen-bond donors (Lipinski definition) is 1. The van der Waals surface area contributed by atoms with Crippen molar-refractivity contribution < 1.29 is 28.9 Å². The van der Waals surface area contributed by atoms with E-state index in [4.69, 9.17) is 14.6 Å². The Morgan fingerprint density at radius 1 is 1.24 bits per heavy atom. The zero-order chi connectivity index (χ0) is 15.4. The van der Waals surface area contributed by atoms with Gasteiger partial charge < -0.3 is 19.3 Å². The van der Waals surface area contributed by atoms with Crippen LogP contribution in [0.15, 0.2) is 6.20 Å². The summed E-state index contributed by atoms with van der Waals surface area (Å²) in [4.78, 5) is 26.1. The lowest BCUT2D eigenvalue weighted by Crippen LogP contribution is -2.16. The van der Waals surface area contributed by atoms with E-state index in [0.717, 1.165) is 24.0 Å². The summed E-state index contributed by atoms with van der Waals surface area (Å²) >= 11 is 0. The lowest BCUT2D eigenvalue weighted by Gasteiger charge is -2.19. The number of aromatic nitrogens is 1. The van der Waals surface area contributed by atoms with E-state index in [1.54, 1.807) is 6.92 Å². The Labute approximate surface area is 121 Å². The van der Waals surface area contributed by atoms with Crippen LogP contribution in [0.2, 0.25) is 0 Å². The highest BCUT2D eigenvalue weighted by Gasteiger charge is 2.23. The van der Waals surface area contributed by atoms with Gasteiger partial charge in [-0.25, -0.2) is 14.6 Å². The largest absolute Gasteiger partial charge is 0.513 e. The first kappa shape index (κ1) is 15.4. The Kier molecular flexibility index (Phi) is 4.87. The van der Waals surface area contributed by atoms with Crippen LogP contribution in [0.4, 0.5) is 4.79 Å². The van der Waals surface area contributed by atoms with Gasteiger partial charge in [0.15, 0.2) is 12.0 Å². The maximum atomic E-state index is 11.6. The molecule has 1 aromatic rings. The molecule has 0 aromatic carbocycles. The molecule has 0 amide bonds. The van der Waals surface area contributed by atoms with Gasteiger partial charge >= 0.3 is 12.1 Å². The summed E-state index contributed by atoms with van der Waals surface area (Å²) < 4.78 is 15.4. The Balaban J connectivity index is 2.28. The van der Waals surface area contributed by atoms with Crippen molar-refractivity contribution in [1.82, 2.24) is 4.98 Å². The third-order valence-electron chi connectivity index (χ3n) is 3.39. The van der Waals surface area contributed by atoms with Crippen LogP contribution in [-0.4, -0.2) is 35.4 Å². The van der Waals surface area contributed by atoms with Gasteiger partial charge in [-0.05, 0) is 37.8 Å². The second-order valence-corrected chi connectivity index (χ2v) is 4.75. The molecular formula is C14H17NO6. The third kappa shape index (κ3) is 3.56. The van der Waals surface area contributed by atoms with Crippen molar-refractivity contribution >= 4 is 12.1 Å². The quantitative estimate of drug-likeness (QED) is 0.661. The number of carbonyl (C=O) groups excluding carboxylic acids is 1. The maximum Gasteiger partial charge on any atom is 0.513 e. The summed E-state index contributed by atoms with van der Waals surface area (Å²) in [7, 11) is 0. The van der Waals surface area contributed by atoms with E-state index in [1.807, 2.05) is 6.92 Å². The Morgan fingerprint density at radius 3 is 2.43 bits per heavy atom. The predicted octanol–water partition coefficient (Wildman–Crippen LogP) is 2.36. The second-order valence-electron chi connectivity index (χ2n) is 4.75. The fourth-order valence-electron chi connectivity index (χ4n) is 2.11. The molecule has 1 aliphatic heterocycles. The lowest BCUT2D eigenvalue weighted by molar-refractivity contribution is -0.130. The molecule has 7 nitrogen and oxygen atoms in total. The second kappa shape index (κ2) is 6.64. The fraction of sp³-hybridized carbons (Fsp3) is 0.500. The minimum absolute atomic E-state index is 0.0210. The average molecular weight is 295 g/mol. The van der Waals surface area contributed by atoms with Crippen molar-refractivity contribution in [2.75, 3.05) is 13.2 Å². The minimum Gasteiger partial charge on any atom is -0.449 e. The van der Waals surface area contributed by atoms with E-state index < -0.39 is 18.4 Å². The van der Waals surface area contributed by atoms with E-state index in [2.05, 4.69) is 9.72 Å². The van der Waals surface area contributed by atoms with Crippen LogP contribution in [-0.2, 0) is 14.2 Å². The number of nitrogens with zero attached hydrogens (tertiary/aromatic N) is 1. The van der Waals surface area contributed by atoms with Crippen LogP contribution in [0.25, 0.3) is 0 Å². The van der Waals surface area contributed by atoms with E-state index in [-0.39, 0.29) is 5.69 Å². The van der Waals surface area contributed by atoms with Crippen LogP contribution in [0.1, 0.15) is 46.3 Å². The molecule has 0 aliphatic carbocycles. The molecular weight excluding hydrogens is 278 g/mol. The predicted molar refractivity (Wildman–Crippen MR) is 71.0 cm³/mol. The summed E-state index contributed by atoms with van der Waals surface area (Å²) in [5.41, 5.74) is 2.04. The molecule has 1 N–H and O–H groups in total. The van der Waals surface area contributed by atoms with Crippen molar-refractivity contribution in [2.24, 2.45) is 0 Å². The Morgan fingerprint density at radius 2 is 1.86 bits per heavy atom. The molecule has 1 aromatic heterocycles. The van der Waals surface area contributed by atoms with Gasteiger partial charge in [-0.2, -0.15) is 0 Å². The minimum atomic E-state index is -1.65. The molecule has 0 atom stereocenters. The van der Waals surface area contributed by atoms with Crippen LogP contribution >= 0.6 is 0 Å². The van der Waals surface area contributed by atoms with Gasteiger partial charge in [0.2, 0.25) is 0 Å². The van der Waals surface area contributed by atoms with E-state index in [1.165, 1.54) is 6.20 Å². The molecule has 21 heavy (non-hydrogen) atoms. The van der Waals surface area contributed by atoms with Crippen LogP contribution in [0.3, 0.4) is 0 Å². The molecule has 1 aliphatic rings. The zero-order valence-electron chi connectivity index (χ0n) is 11.9. The van der Waals surface area contributed by atoms with Crippen molar-refractivity contribution in [2.45, 2.75) is 33.0 Å². The van der Waals surface area contributed by atoms with Crippen LogP contribution in [0, 0.1) is 13.8 Å². The number of rotatable bonds is 2. The topological polar surface area (TPSA) is 95.0 Å². The molecule has 0 saturated carbocycles. The zero-order valence-corrected chi connectivity index (χ0v) is 11.9. The Bertz CT molecular complexity index is 549. The highest BCUT2D eigenvalue weighted by atomic mass is 16.7. The summed E-state index contributed by atoms with van der Waals surface area (Å²) in [5.74, 6) is -0.989. The van der Waals surface area contributed by atoms with E-state index in [9.17, 15) is 9.59 Å².